The summed E-state index contributed by atoms with van der Waals surface area (Å²) < 4.78 is 0. The summed E-state index contributed by atoms with van der Waals surface area (Å²) in [6.45, 7) is 7.25. The fourth-order valence-corrected chi connectivity index (χ4v) is 9.96. The molecule has 1 aliphatic carbocycles. The van der Waals surface area contributed by atoms with Gasteiger partial charge in [0.2, 0.25) is 0 Å². The molecule has 0 aliphatic heterocycles. The Bertz CT molecular complexity index is 129. The molecule has 0 nitrogen and oxygen atoms in total. The second-order valence-corrected chi connectivity index (χ2v) is 13.0. The van der Waals surface area contributed by atoms with Crippen LogP contribution >= 0.6 is 11.2 Å². The molecule has 0 spiro atoms. The Morgan fingerprint density at radius 3 is 1.85 bits per heavy atom. The van der Waals surface area contributed by atoms with E-state index in [1.807, 2.05) is 0 Å². The molecule has 0 heterocycles. The minimum absolute atomic E-state index is 0.866. The van der Waals surface area contributed by atoms with Gasteiger partial charge < -0.3 is 0 Å². The molecule has 0 bridgehead atoms. The van der Waals surface area contributed by atoms with E-state index in [4.69, 9.17) is 0 Å². The van der Waals surface area contributed by atoms with E-state index < -0.39 is 7.22 Å². The largest absolute Gasteiger partial charge is 0.182 e. The highest BCUT2D eigenvalue weighted by Crippen LogP contribution is 2.41. The molecule has 0 aromatic rings. The van der Waals surface area contributed by atoms with Crippen molar-refractivity contribution in [2.75, 3.05) is 0 Å². The maximum Gasteiger partial charge on any atom is 0.116 e. The van der Waals surface area contributed by atoms with Crippen molar-refractivity contribution in [1.29, 1.82) is 0 Å². The molecule has 2 heteroatoms. The summed E-state index contributed by atoms with van der Waals surface area (Å²) >= 11 is 2.44. The topological polar surface area (TPSA) is 0 Å². The molecule has 1 rings (SSSR count). The van der Waals surface area contributed by atoms with Crippen LogP contribution in [0.2, 0.25) is 18.1 Å². The minimum Gasteiger partial charge on any atom is -0.182 e. The lowest BCUT2D eigenvalue weighted by Gasteiger charge is -2.30. The van der Waals surface area contributed by atoms with Crippen molar-refractivity contribution < 1.29 is 0 Å². The van der Waals surface area contributed by atoms with E-state index in [0.29, 0.717) is 0 Å². The van der Waals surface area contributed by atoms with Crippen LogP contribution in [0.15, 0.2) is 0 Å². The van der Waals surface area contributed by atoms with E-state index >= 15 is 0 Å². The van der Waals surface area contributed by atoms with Gasteiger partial charge in [0.05, 0.1) is 0 Å². The molecule has 78 valence electrons. The van der Waals surface area contributed by atoms with Crippen LogP contribution in [0.1, 0.15) is 46.5 Å². The molecule has 0 radical (unpaired) electrons. The molecular formula is C11H24SSi. The highest BCUT2D eigenvalue weighted by atomic mass is 32.4. The maximum atomic E-state index is 2.44. The van der Waals surface area contributed by atoms with E-state index in [9.17, 15) is 0 Å². The zero-order valence-electron chi connectivity index (χ0n) is 9.44. The molecular weight excluding hydrogens is 192 g/mol. The van der Waals surface area contributed by atoms with Gasteiger partial charge in [0, 0.05) is 0 Å². The Hall–Kier alpha value is 0.567. The fourth-order valence-electron chi connectivity index (χ4n) is 2.36. The van der Waals surface area contributed by atoms with Crippen LogP contribution in [0.3, 0.4) is 0 Å². The van der Waals surface area contributed by atoms with Crippen molar-refractivity contribution in [3.8, 4) is 0 Å². The summed E-state index contributed by atoms with van der Waals surface area (Å²) in [5.74, 6) is 0. The molecule has 0 saturated heterocycles. The van der Waals surface area contributed by atoms with Gasteiger partial charge in [-0.2, -0.15) is 11.2 Å². The Labute approximate surface area is 88.5 Å². The lowest BCUT2D eigenvalue weighted by molar-refractivity contribution is 0.886. The highest BCUT2D eigenvalue weighted by Gasteiger charge is 2.32. The van der Waals surface area contributed by atoms with Crippen LogP contribution in [0.25, 0.3) is 0 Å². The van der Waals surface area contributed by atoms with Crippen LogP contribution in [-0.2, 0) is 0 Å². The van der Waals surface area contributed by atoms with Gasteiger partial charge in [-0.3, -0.25) is 0 Å². The summed E-state index contributed by atoms with van der Waals surface area (Å²) in [6, 6.07) is 4.46. The third-order valence-electron chi connectivity index (χ3n) is 3.65. The van der Waals surface area contributed by atoms with Crippen LogP contribution in [0.5, 0.6) is 0 Å². The number of hydrogen-bond donors (Lipinski definition) is 0. The predicted octanol–water partition coefficient (Wildman–Crippen LogP) is 4.67. The van der Waals surface area contributed by atoms with Gasteiger partial charge >= 0.3 is 0 Å². The second kappa shape index (κ2) is 5.45. The van der Waals surface area contributed by atoms with Gasteiger partial charge in [0.25, 0.3) is 0 Å². The lowest BCUT2D eigenvalue weighted by atomic mass is 10.4. The number of hydrogen-bond acceptors (Lipinski definition) is 1. The minimum atomic E-state index is -0.866. The SMILES string of the molecule is CC[Si](CC)(CC)SC1CCCC1. The average molecular weight is 216 g/mol. The highest BCUT2D eigenvalue weighted by molar-refractivity contribution is 8.29. The first kappa shape index (κ1) is 11.6. The summed E-state index contributed by atoms with van der Waals surface area (Å²) in [5, 5.41) is 1.05. The van der Waals surface area contributed by atoms with Crippen molar-refractivity contribution in [3.63, 3.8) is 0 Å². The Kier molecular flexibility index (Phi) is 4.88. The van der Waals surface area contributed by atoms with Crippen LogP contribution < -0.4 is 0 Å². The van der Waals surface area contributed by atoms with Crippen molar-refractivity contribution >= 4 is 18.4 Å². The Balaban J connectivity index is 2.44. The third-order valence-corrected chi connectivity index (χ3v) is 13.9. The molecule has 13 heavy (non-hydrogen) atoms. The zero-order chi connectivity index (χ0) is 9.73. The second-order valence-electron chi connectivity index (χ2n) is 4.27. The molecule has 1 aliphatic rings. The van der Waals surface area contributed by atoms with Crippen LogP contribution in [0.4, 0.5) is 0 Å². The van der Waals surface area contributed by atoms with E-state index in [1.54, 1.807) is 0 Å². The predicted molar refractivity (Wildman–Crippen MR) is 67.0 cm³/mol. The molecule has 0 atom stereocenters. The van der Waals surface area contributed by atoms with Gasteiger partial charge in [0.15, 0.2) is 0 Å². The molecule has 0 aromatic heterocycles. The quantitative estimate of drug-likeness (QED) is 0.602. The fraction of sp³-hybridized carbons (Fsp3) is 1.00. The van der Waals surface area contributed by atoms with Gasteiger partial charge in [-0.1, -0.05) is 51.7 Å². The van der Waals surface area contributed by atoms with Gasteiger partial charge in [-0.15, -0.1) is 0 Å². The molecule has 1 fully saturated rings. The molecule has 1 saturated carbocycles. The summed E-state index contributed by atoms with van der Waals surface area (Å²) in [6.07, 6.45) is 6.03. The van der Waals surface area contributed by atoms with E-state index in [2.05, 4.69) is 32.0 Å². The Morgan fingerprint density at radius 2 is 1.46 bits per heavy atom. The molecule has 0 N–H and O–H groups in total. The zero-order valence-corrected chi connectivity index (χ0v) is 11.3. The van der Waals surface area contributed by atoms with Crippen molar-refractivity contribution in [2.45, 2.75) is 69.8 Å². The first-order chi connectivity index (χ1) is 6.26. The van der Waals surface area contributed by atoms with Crippen LogP contribution in [-0.4, -0.2) is 12.5 Å². The van der Waals surface area contributed by atoms with E-state index in [0.717, 1.165) is 5.25 Å². The molecule has 0 unspecified atom stereocenters. The smallest absolute Gasteiger partial charge is 0.116 e. The van der Waals surface area contributed by atoms with E-state index in [-0.39, 0.29) is 0 Å². The first-order valence-corrected chi connectivity index (χ1v) is 10.2. The number of rotatable bonds is 5. The summed E-state index contributed by atoms with van der Waals surface area (Å²) in [5.41, 5.74) is 0. The van der Waals surface area contributed by atoms with Gasteiger partial charge in [-0.05, 0) is 18.1 Å². The monoisotopic (exact) mass is 216 g/mol. The van der Waals surface area contributed by atoms with Crippen molar-refractivity contribution in [2.24, 2.45) is 0 Å². The van der Waals surface area contributed by atoms with Crippen molar-refractivity contribution in [3.05, 3.63) is 0 Å². The standard InChI is InChI=1S/C11H24SSi/c1-4-13(5-2,6-3)12-11-9-7-8-10-11/h11H,4-10H2,1-3H3. The Morgan fingerprint density at radius 1 is 1.00 bits per heavy atom. The molecule has 0 aromatic carbocycles. The van der Waals surface area contributed by atoms with Crippen LogP contribution in [0, 0.1) is 0 Å². The lowest BCUT2D eigenvalue weighted by Crippen LogP contribution is -2.29. The summed E-state index contributed by atoms with van der Waals surface area (Å²) in [4.78, 5) is 0. The molecule has 0 amide bonds. The first-order valence-electron chi connectivity index (χ1n) is 5.94. The van der Waals surface area contributed by atoms with E-state index in [1.165, 1.54) is 43.8 Å². The summed E-state index contributed by atoms with van der Waals surface area (Å²) in [7, 11) is -0.866. The average Bonchev–Trinajstić information content (AvgIpc) is 2.67. The van der Waals surface area contributed by atoms with Gasteiger partial charge in [0.1, 0.15) is 7.22 Å². The third kappa shape index (κ3) is 3.02. The van der Waals surface area contributed by atoms with Crippen molar-refractivity contribution in [1.82, 2.24) is 0 Å². The normalized spacial score (nSPS) is 19.6. The van der Waals surface area contributed by atoms with Gasteiger partial charge in [-0.25, -0.2) is 0 Å². The maximum absolute atomic E-state index is 2.44.